The van der Waals surface area contributed by atoms with Gasteiger partial charge in [-0.2, -0.15) is 0 Å². The first kappa shape index (κ1) is 36.9. The van der Waals surface area contributed by atoms with E-state index in [9.17, 15) is 34.5 Å². The average molecular weight is 561 g/mol. The molecule has 0 aliphatic carbocycles. The van der Waals surface area contributed by atoms with Crippen molar-refractivity contribution in [1.29, 1.82) is 0 Å². The summed E-state index contributed by atoms with van der Waals surface area (Å²) in [6, 6.07) is -1.19. The second-order valence-electron chi connectivity index (χ2n) is 12.9. The SMILES string of the molecule is CC(=O)CCC(C)(C)OCCC(C)(C)OCCNC(=O)CCC(NC(O)C(C)(C)CC(C)(C)C(=O)O)C(=O)O. The second-order valence-corrected chi connectivity index (χ2v) is 12.9. The van der Waals surface area contributed by atoms with Gasteiger partial charge in [0.1, 0.15) is 18.1 Å². The topological polar surface area (TPSA) is 171 Å². The molecule has 0 aromatic carbocycles. The molecule has 0 rings (SSSR count). The summed E-state index contributed by atoms with van der Waals surface area (Å²) < 4.78 is 11.8. The predicted octanol–water partition coefficient (Wildman–Crippen LogP) is 3.12. The number of nitrogens with one attached hydrogen (secondary N) is 2. The fourth-order valence-corrected chi connectivity index (χ4v) is 4.08. The molecule has 0 saturated heterocycles. The molecule has 11 heteroatoms. The highest BCUT2D eigenvalue weighted by molar-refractivity contribution is 5.78. The summed E-state index contributed by atoms with van der Waals surface area (Å²) in [5.41, 5.74) is -2.93. The van der Waals surface area contributed by atoms with Crippen LogP contribution in [0.1, 0.15) is 101 Å². The van der Waals surface area contributed by atoms with E-state index in [0.717, 1.165) is 0 Å². The lowest BCUT2D eigenvalue weighted by Crippen LogP contribution is -2.51. The third kappa shape index (κ3) is 15.9. The number of carboxylic acids is 2. The van der Waals surface area contributed by atoms with E-state index < -0.39 is 46.2 Å². The second kappa shape index (κ2) is 15.6. The number of aliphatic carboxylic acids is 2. The van der Waals surface area contributed by atoms with E-state index in [4.69, 9.17) is 9.47 Å². The van der Waals surface area contributed by atoms with E-state index in [1.165, 1.54) is 0 Å². The van der Waals surface area contributed by atoms with Gasteiger partial charge in [-0.05, 0) is 74.1 Å². The summed E-state index contributed by atoms with van der Waals surface area (Å²) in [5, 5.41) is 34.9. The lowest BCUT2D eigenvalue weighted by atomic mass is 9.74. The number of rotatable bonds is 21. The Morgan fingerprint density at radius 3 is 1.87 bits per heavy atom. The fourth-order valence-electron chi connectivity index (χ4n) is 4.08. The molecule has 0 fully saturated rings. The van der Waals surface area contributed by atoms with Crippen LogP contribution in [0.5, 0.6) is 0 Å². The number of ether oxygens (including phenoxy) is 2. The quantitative estimate of drug-likeness (QED) is 0.104. The minimum absolute atomic E-state index is 0.0558. The van der Waals surface area contributed by atoms with Crippen LogP contribution >= 0.6 is 0 Å². The van der Waals surface area contributed by atoms with E-state index >= 15 is 0 Å². The number of hydrogen-bond donors (Lipinski definition) is 5. The molecule has 0 aliphatic heterocycles. The molecule has 0 aromatic heterocycles. The summed E-state index contributed by atoms with van der Waals surface area (Å²) in [4.78, 5) is 46.6. The zero-order chi connectivity index (χ0) is 30.7. The van der Waals surface area contributed by atoms with Crippen LogP contribution in [0.3, 0.4) is 0 Å². The molecule has 0 radical (unpaired) electrons. The summed E-state index contributed by atoms with van der Waals surface area (Å²) in [6.45, 7) is 16.7. The Labute approximate surface area is 233 Å². The molecular weight excluding hydrogens is 508 g/mol. The van der Waals surface area contributed by atoms with Crippen molar-refractivity contribution in [2.24, 2.45) is 10.8 Å². The highest BCUT2D eigenvalue weighted by Crippen LogP contribution is 2.36. The maximum atomic E-state index is 12.3. The van der Waals surface area contributed by atoms with E-state index in [1.54, 1.807) is 34.6 Å². The van der Waals surface area contributed by atoms with Gasteiger partial charge in [0.15, 0.2) is 0 Å². The van der Waals surface area contributed by atoms with Crippen LogP contribution in [0, 0.1) is 10.8 Å². The lowest BCUT2D eigenvalue weighted by molar-refractivity contribution is -0.151. The maximum absolute atomic E-state index is 12.3. The number of Topliss-reactive ketones (excluding diaryl/α,β-unsaturated/α-hetero) is 1. The van der Waals surface area contributed by atoms with Gasteiger partial charge in [-0.3, -0.25) is 19.7 Å². The number of hydrogen-bond acceptors (Lipinski definition) is 8. The van der Waals surface area contributed by atoms with Crippen LogP contribution in [-0.2, 0) is 28.7 Å². The molecule has 1 amide bonds. The van der Waals surface area contributed by atoms with Crippen molar-refractivity contribution in [2.75, 3.05) is 19.8 Å². The molecule has 0 saturated carbocycles. The highest BCUT2D eigenvalue weighted by atomic mass is 16.5. The molecule has 228 valence electrons. The van der Waals surface area contributed by atoms with Gasteiger partial charge in [-0.15, -0.1) is 0 Å². The van der Waals surface area contributed by atoms with E-state index in [1.807, 2.05) is 27.7 Å². The van der Waals surface area contributed by atoms with Crippen molar-refractivity contribution in [2.45, 2.75) is 124 Å². The van der Waals surface area contributed by atoms with E-state index in [2.05, 4.69) is 10.6 Å². The molecule has 2 unspecified atom stereocenters. The Kier molecular flexibility index (Phi) is 14.8. The summed E-state index contributed by atoms with van der Waals surface area (Å²) in [5.74, 6) is -2.45. The monoisotopic (exact) mass is 560 g/mol. The van der Waals surface area contributed by atoms with Crippen LogP contribution in [0.25, 0.3) is 0 Å². The van der Waals surface area contributed by atoms with Gasteiger partial charge in [-0.1, -0.05) is 13.8 Å². The van der Waals surface area contributed by atoms with Crippen molar-refractivity contribution >= 4 is 23.6 Å². The molecular formula is C28H52N2O9. The van der Waals surface area contributed by atoms with Crippen LogP contribution in [-0.4, -0.2) is 82.2 Å². The van der Waals surface area contributed by atoms with Crippen molar-refractivity contribution < 1.29 is 44.0 Å². The first-order valence-corrected chi connectivity index (χ1v) is 13.5. The number of carbonyl (C=O) groups excluding carboxylic acids is 2. The molecule has 2 atom stereocenters. The molecule has 0 bridgehead atoms. The summed E-state index contributed by atoms with van der Waals surface area (Å²) >= 11 is 0. The van der Waals surface area contributed by atoms with Gasteiger partial charge >= 0.3 is 11.9 Å². The molecule has 5 N–H and O–H groups in total. The zero-order valence-electron chi connectivity index (χ0n) is 25.3. The van der Waals surface area contributed by atoms with Gasteiger partial charge in [0.25, 0.3) is 0 Å². The van der Waals surface area contributed by atoms with E-state index in [0.29, 0.717) is 25.9 Å². The Balaban J connectivity index is 4.53. The molecule has 39 heavy (non-hydrogen) atoms. The summed E-state index contributed by atoms with van der Waals surface area (Å²) in [7, 11) is 0. The van der Waals surface area contributed by atoms with Crippen LogP contribution < -0.4 is 10.6 Å². The number of amides is 1. The van der Waals surface area contributed by atoms with E-state index in [-0.39, 0.29) is 44.1 Å². The smallest absolute Gasteiger partial charge is 0.320 e. The third-order valence-electron chi connectivity index (χ3n) is 6.73. The number of ketones is 1. The van der Waals surface area contributed by atoms with Crippen LogP contribution in [0.15, 0.2) is 0 Å². The van der Waals surface area contributed by atoms with Crippen LogP contribution in [0.4, 0.5) is 0 Å². The van der Waals surface area contributed by atoms with Gasteiger partial charge in [0.2, 0.25) is 5.91 Å². The van der Waals surface area contributed by atoms with Crippen molar-refractivity contribution in [3.8, 4) is 0 Å². The van der Waals surface area contributed by atoms with Gasteiger partial charge in [0.05, 0.1) is 29.8 Å². The van der Waals surface area contributed by atoms with Crippen molar-refractivity contribution in [1.82, 2.24) is 10.6 Å². The number of aliphatic hydroxyl groups excluding tert-OH is 1. The normalized spacial score (nSPS) is 14.5. The minimum atomic E-state index is -1.29. The standard InChI is InChI=1S/C28H52N2O9/c1-19(31)12-13-27(6,7)38-16-14-28(8,9)39-17-15-29-21(32)11-10-20(22(33)34)30-23(35)25(2,3)18-26(4,5)24(36)37/h20,23,30,35H,10-18H2,1-9H3,(H,29,32)(H,33,34)(H,36,37). The molecule has 0 aromatic rings. The Hall–Kier alpha value is -2.08. The molecule has 11 nitrogen and oxygen atoms in total. The fraction of sp³-hybridized carbons (Fsp3) is 0.857. The Morgan fingerprint density at radius 1 is 0.821 bits per heavy atom. The van der Waals surface area contributed by atoms with Gasteiger partial charge in [-0.25, -0.2) is 0 Å². The van der Waals surface area contributed by atoms with Crippen molar-refractivity contribution in [3.63, 3.8) is 0 Å². The number of carbonyl (C=O) groups is 4. The lowest BCUT2D eigenvalue weighted by Gasteiger charge is -2.37. The number of aliphatic hydroxyl groups is 1. The number of carboxylic acid groups (broad SMARTS) is 2. The van der Waals surface area contributed by atoms with Crippen molar-refractivity contribution in [3.05, 3.63) is 0 Å². The first-order chi connectivity index (χ1) is 17.6. The van der Waals surface area contributed by atoms with Crippen LogP contribution in [0.2, 0.25) is 0 Å². The van der Waals surface area contributed by atoms with Gasteiger partial charge in [0, 0.05) is 24.8 Å². The zero-order valence-corrected chi connectivity index (χ0v) is 25.3. The summed E-state index contributed by atoms with van der Waals surface area (Å²) in [6.07, 6.45) is 0.423. The Bertz CT molecular complexity index is 822. The largest absolute Gasteiger partial charge is 0.481 e. The predicted molar refractivity (Wildman–Crippen MR) is 147 cm³/mol. The third-order valence-corrected chi connectivity index (χ3v) is 6.73. The maximum Gasteiger partial charge on any atom is 0.320 e. The first-order valence-electron chi connectivity index (χ1n) is 13.5. The minimum Gasteiger partial charge on any atom is -0.481 e. The van der Waals surface area contributed by atoms with Gasteiger partial charge < -0.3 is 34.9 Å². The highest BCUT2D eigenvalue weighted by Gasteiger charge is 2.40. The molecule has 0 spiro atoms. The Morgan fingerprint density at radius 2 is 1.36 bits per heavy atom. The molecule has 0 aliphatic rings. The molecule has 0 heterocycles. The average Bonchev–Trinajstić information content (AvgIpc) is 2.76.